The fourth-order valence-electron chi connectivity index (χ4n) is 2.22. The van der Waals surface area contributed by atoms with Gasteiger partial charge in [0.2, 0.25) is 0 Å². The molecule has 4 heteroatoms. The van der Waals surface area contributed by atoms with Gasteiger partial charge in [0.15, 0.2) is 0 Å². The van der Waals surface area contributed by atoms with Crippen LogP contribution in [0.1, 0.15) is 39.5 Å². The second-order valence-electron chi connectivity index (χ2n) is 4.97. The Kier molecular flexibility index (Phi) is 5.13. The quantitative estimate of drug-likeness (QED) is 0.652. The minimum atomic E-state index is -1.30. The third-order valence-corrected chi connectivity index (χ3v) is 3.25. The Morgan fingerprint density at radius 3 is 2.39 bits per heavy atom. The Morgan fingerprint density at radius 1 is 1.28 bits per heavy atom. The molecule has 0 saturated heterocycles. The predicted octanol–water partition coefficient (Wildman–Crippen LogP) is 0.185. The molecule has 18 heavy (non-hydrogen) atoms. The number of hydrogen-bond acceptors (Lipinski definition) is 4. The molecule has 4 nitrogen and oxygen atoms in total. The van der Waals surface area contributed by atoms with E-state index in [-0.39, 0.29) is 12.8 Å². The van der Waals surface area contributed by atoms with E-state index in [0.717, 1.165) is 18.4 Å². The molecule has 0 unspecified atom stereocenters. The number of rotatable bonds is 5. The van der Waals surface area contributed by atoms with Crippen LogP contribution < -0.4 is 10.2 Å². The van der Waals surface area contributed by atoms with Crippen LogP contribution in [0.15, 0.2) is 23.3 Å². The van der Waals surface area contributed by atoms with Crippen LogP contribution in [0.25, 0.3) is 0 Å². The van der Waals surface area contributed by atoms with Crippen LogP contribution in [0.3, 0.4) is 0 Å². The molecule has 0 fully saturated rings. The minimum Gasteiger partial charge on any atom is -0.550 e. The van der Waals surface area contributed by atoms with Crippen LogP contribution in [0.4, 0.5) is 0 Å². The Morgan fingerprint density at radius 2 is 1.89 bits per heavy atom. The fourth-order valence-corrected chi connectivity index (χ4v) is 2.22. The van der Waals surface area contributed by atoms with Crippen molar-refractivity contribution >= 4 is 11.9 Å². The van der Waals surface area contributed by atoms with E-state index in [1.165, 1.54) is 5.57 Å². The highest BCUT2D eigenvalue weighted by atomic mass is 16.4. The highest BCUT2D eigenvalue weighted by molar-refractivity contribution is 5.78. The summed E-state index contributed by atoms with van der Waals surface area (Å²) in [4.78, 5) is 21.8. The van der Waals surface area contributed by atoms with Gasteiger partial charge in [-0.3, -0.25) is 0 Å². The Labute approximate surface area is 107 Å². The summed E-state index contributed by atoms with van der Waals surface area (Å²) in [5.41, 5.74) is 2.22. The van der Waals surface area contributed by atoms with E-state index in [2.05, 4.69) is 6.08 Å². The molecule has 0 radical (unpaired) electrons. The molecule has 0 heterocycles. The van der Waals surface area contributed by atoms with Crippen LogP contribution in [-0.4, -0.2) is 11.9 Å². The van der Waals surface area contributed by atoms with Gasteiger partial charge in [-0.05, 0) is 39.5 Å². The molecule has 1 aliphatic rings. The summed E-state index contributed by atoms with van der Waals surface area (Å²) in [6.45, 7) is 4.01. The van der Waals surface area contributed by atoms with Crippen LogP contribution in [0.2, 0.25) is 0 Å². The third-order valence-electron chi connectivity index (χ3n) is 3.25. The van der Waals surface area contributed by atoms with Gasteiger partial charge in [-0.1, -0.05) is 23.3 Å². The lowest BCUT2D eigenvalue weighted by molar-refractivity contribution is -0.327. The number of carboxylic acids is 2. The normalized spacial score (nSPS) is 23.1. The Bertz CT molecular complexity index is 389. The number of aliphatic carboxylic acids is 2. The first-order valence-electron chi connectivity index (χ1n) is 6.14. The number of carbonyl (C=O) groups excluding carboxylic acids is 2. The van der Waals surface area contributed by atoms with Gasteiger partial charge < -0.3 is 19.8 Å². The minimum absolute atomic E-state index is 0.227. The highest BCUT2D eigenvalue weighted by Crippen LogP contribution is 2.31. The summed E-state index contributed by atoms with van der Waals surface area (Å²) in [7, 11) is 0. The average molecular weight is 250 g/mol. The van der Waals surface area contributed by atoms with Crippen molar-refractivity contribution in [1.82, 2.24) is 0 Å². The lowest BCUT2D eigenvalue weighted by Crippen LogP contribution is -2.45. The van der Waals surface area contributed by atoms with Crippen LogP contribution in [0.5, 0.6) is 0 Å². The molecule has 0 aromatic rings. The molecule has 1 rings (SSSR count). The number of carbonyl (C=O) groups is 2. The smallest absolute Gasteiger partial charge is 0.0455 e. The van der Waals surface area contributed by atoms with Crippen molar-refractivity contribution in [1.29, 1.82) is 0 Å². The zero-order chi connectivity index (χ0) is 13.7. The maximum absolute atomic E-state index is 11.0. The predicted molar refractivity (Wildman–Crippen MR) is 63.0 cm³/mol. The van der Waals surface area contributed by atoms with Crippen molar-refractivity contribution < 1.29 is 19.8 Å². The van der Waals surface area contributed by atoms with Gasteiger partial charge in [0.05, 0.1) is 0 Å². The van der Waals surface area contributed by atoms with Gasteiger partial charge in [-0.25, -0.2) is 0 Å². The van der Waals surface area contributed by atoms with Gasteiger partial charge in [-0.2, -0.15) is 0 Å². The van der Waals surface area contributed by atoms with Crippen LogP contribution in [-0.2, 0) is 9.59 Å². The zero-order valence-electron chi connectivity index (χ0n) is 10.8. The molecule has 2 atom stereocenters. The molecule has 1 aliphatic carbocycles. The molecule has 100 valence electrons. The van der Waals surface area contributed by atoms with Crippen molar-refractivity contribution in [2.45, 2.75) is 39.5 Å². The SMILES string of the molecule is CC(C)=CCCC1=CC[C@@H](C(=O)[O-])[C@@H](C(=O)[O-])C1. The van der Waals surface area contributed by atoms with E-state index in [1.807, 2.05) is 19.9 Å². The summed E-state index contributed by atoms with van der Waals surface area (Å²) < 4.78 is 0. The first-order chi connectivity index (χ1) is 8.41. The molecule has 0 N–H and O–H groups in total. The third kappa shape index (κ3) is 4.02. The van der Waals surface area contributed by atoms with Crippen LogP contribution >= 0.6 is 0 Å². The lowest BCUT2D eigenvalue weighted by atomic mass is 9.78. The Balaban J connectivity index is 2.66. The molecule has 0 aliphatic heterocycles. The second-order valence-corrected chi connectivity index (χ2v) is 4.97. The van der Waals surface area contributed by atoms with Crippen molar-refractivity contribution in [2.24, 2.45) is 11.8 Å². The first-order valence-corrected chi connectivity index (χ1v) is 6.14. The fraction of sp³-hybridized carbons (Fsp3) is 0.571. The average Bonchev–Trinajstić information content (AvgIpc) is 2.28. The topological polar surface area (TPSA) is 80.3 Å². The van der Waals surface area contributed by atoms with E-state index in [4.69, 9.17) is 0 Å². The van der Waals surface area contributed by atoms with E-state index >= 15 is 0 Å². The van der Waals surface area contributed by atoms with Crippen molar-refractivity contribution in [2.75, 3.05) is 0 Å². The summed E-state index contributed by atoms with van der Waals surface area (Å²) in [6.07, 6.45) is 6.03. The zero-order valence-corrected chi connectivity index (χ0v) is 10.8. The largest absolute Gasteiger partial charge is 0.550 e. The van der Waals surface area contributed by atoms with Crippen molar-refractivity contribution in [3.8, 4) is 0 Å². The van der Waals surface area contributed by atoms with Gasteiger partial charge >= 0.3 is 0 Å². The summed E-state index contributed by atoms with van der Waals surface area (Å²) in [5, 5.41) is 21.8. The monoisotopic (exact) mass is 250 g/mol. The standard InChI is InChI=1S/C14H20O4/c1-9(2)4-3-5-10-6-7-11(13(15)16)12(8-10)14(17)18/h4,6,11-12H,3,5,7-8H2,1-2H3,(H,15,16)(H,17,18)/p-2/t11-,12+/m1/s1. The molecular formula is C14H18O4-2. The van der Waals surface area contributed by atoms with Gasteiger partial charge in [0.25, 0.3) is 0 Å². The van der Waals surface area contributed by atoms with Crippen molar-refractivity contribution in [3.63, 3.8) is 0 Å². The van der Waals surface area contributed by atoms with Gasteiger partial charge in [0, 0.05) is 23.8 Å². The maximum atomic E-state index is 11.0. The van der Waals surface area contributed by atoms with Crippen LogP contribution in [0, 0.1) is 11.8 Å². The molecule has 0 aromatic heterocycles. The number of hydrogen-bond donors (Lipinski definition) is 0. The maximum Gasteiger partial charge on any atom is 0.0455 e. The van der Waals surface area contributed by atoms with E-state index in [9.17, 15) is 19.8 Å². The molecule has 0 aromatic carbocycles. The lowest BCUT2D eigenvalue weighted by Gasteiger charge is -2.32. The highest BCUT2D eigenvalue weighted by Gasteiger charge is 2.27. The first kappa shape index (κ1) is 14.5. The van der Waals surface area contributed by atoms with E-state index in [0.29, 0.717) is 0 Å². The second kappa shape index (κ2) is 6.38. The van der Waals surface area contributed by atoms with Crippen molar-refractivity contribution in [3.05, 3.63) is 23.3 Å². The van der Waals surface area contributed by atoms with E-state index < -0.39 is 23.8 Å². The Hall–Kier alpha value is -1.58. The van der Waals surface area contributed by atoms with Gasteiger partial charge in [0.1, 0.15) is 0 Å². The molecular weight excluding hydrogens is 232 g/mol. The number of allylic oxidation sites excluding steroid dienone is 4. The summed E-state index contributed by atoms with van der Waals surface area (Å²) in [5.74, 6) is -4.51. The molecule has 0 amide bonds. The summed E-state index contributed by atoms with van der Waals surface area (Å²) >= 11 is 0. The molecule has 0 spiro atoms. The summed E-state index contributed by atoms with van der Waals surface area (Å²) in [6, 6.07) is 0. The van der Waals surface area contributed by atoms with Gasteiger partial charge in [-0.15, -0.1) is 0 Å². The molecule has 0 saturated carbocycles. The molecule has 0 bridgehead atoms. The number of carboxylic acid groups (broad SMARTS) is 2. The van der Waals surface area contributed by atoms with E-state index in [1.54, 1.807) is 0 Å².